The summed E-state index contributed by atoms with van der Waals surface area (Å²) in [6.45, 7) is 0.149. The molecule has 0 aromatic heterocycles. The number of fused-ring (bicyclic) bond motifs is 1. The maximum absolute atomic E-state index is 12.3. The average Bonchev–Trinajstić information content (AvgIpc) is 2.80. The summed E-state index contributed by atoms with van der Waals surface area (Å²) in [6.07, 6.45) is 0.685. The van der Waals surface area contributed by atoms with Gasteiger partial charge >= 0.3 is 0 Å². The zero-order chi connectivity index (χ0) is 17.1. The predicted molar refractivity (Wildman–Crippen MR) is 90.0 cm³/mol. The summed E-state index contributed by atoms with van der Waals surface area (Å²) in [5.41, 5.74) is 1.62. The SMILES string of the molecule is O=C(CN1C(=O)c2ccc(Cl)cc2C1=O)NCCc1ccccc1. The first-order valence-electron chi connectivity index (χ1n) is 7.52. The van der Waals surface area contributed by atoms with Crippen LogP contribution in [0, 0.1) is 0 Å². The van der Waals surface area contributed by atoms with Crippen LogP contribution in [-0.2, 0) is 11.2 Å². The van der Waals surface area contributed by atoms with Crippen LogP contribution in [0.4, 0.5) is 0 Å². The van der Waals surface area contributed by atoms with Crippen molar-refractivity contribution in [2.75, 3.05) is 13.1 Å². The quantitative estimate of drug-likeness (QED) is 0.848. The Labute approximate surface area is 144 Å². The number of rotatable bonds is 5. The molecule has 0 saturated carbocycles. The first kappa shape index (κ1) is 16.2. The second-order valence-electron chi connectivity index (χ2n) is 5.47. The molecule has 0 fully saturated rings. The molecule has 122 valence electrons. The standard InChI is InChI=1S/C18H15ClN2O3/c19-13-6-7-14-15(10-13)18(24)21(17(14)23)11-16(22)20-9-8-12-4-2-1-3-5-12/h1-7,10H,8-9,11H2,(H,20,22). The van der Waals surface area contributed by atoms with Crippen LogP contribution in [0.5, 0.6) is 0 Å². The number of hydrogen-bond acceptors (Lipinski definition) is 3. The van der Waals surface area contributed by atoms with Crippen molar-refractivity contribution in [3.63, 3.8) is 0 Å². The third-order valence-corrected chi connectivity index (χ3v) is 4.05. The van der Waals surface area contributed by atoms with E-state index in [4.69, 9.17) is 11.6 Å². The Kier molecular flexibility index (Phi) is 4.62. The summed E-state index contributed by atoms with van der Waals surface area (Å²) in [5, 5.41) is 3.10. The van der Waals surface area contributed by atoms with Crippen molar-refractivity contribution < 1.29 is 14.4 Å². The summed E-state index contributed by atoms with van der Waals surface area (Å²) >= 11 is 5.86. The van der Waals surface area contributed by atoms with Crippen molar-refractivity contribution >= 4 is 29.3 Å². The minimum atomic E-state index is -0.490. The minimum absolute atomic E-state index is 0.240. The first-order valence-corrected chi connectivity index (χ1v) is 7.90. The molecule has 1 aliphatic heterocycles. The molecule has 0 saturated heterocycles. The molecular formula is C18H15ClN2O3. The largest absolute Gasteiger partial charge is 0.354 e. The van der Waals surface area contributed by atoms with Gasteiger partial charge in [-0.1, -0.05) is 41.9 Å². The van der Waals surface area contributed by atoms with Crippen LogP contribution in [0.2, 0.25) is 5.02 Å². The maximum atomic E-state index is 12.3. The van der Waals surface area contributed by atoms with E-state index in [1.807, 2.05) is 30.3 Å². The number of benzene rings is 2. The molecule has 0 unspecified atom stereocenters. The lowest BCUT2D eigenvalue weighted by Crippen LogP contribution is -2.40. The first-order chi connectivity index (χ1) is 11.6. The van der Waals surface area contributed by atoms with Gasteiger partial charge in [0.2, 0.25) is 5.91 Å². The van der Waals surface area contributed by atoms with Crippen molar-refractivity contribution in [3.8, 4) is 0 Å². The molecular weight excluding hydrogens is 328 g/mol. The number of nitrogens with zero attached hydrogens (tertiary/aromatic N) is 1. The number of imide groups is 1. The van der Waals surface area contributed by atoms with E-state index < -0.39 is 11.8 Å². The molecule has 0 radical (unpaired) electrons. The lowest BCUT2D eigenvalue weighted by Gasteiger charge is -2.13. The van der Waals surface area contributed by atoms with Gasteiger partial charge in [-0.15, -0.1) is 0 Å². The van der Waals surface area contributed by atoms with Gasteiger partial charge in [0.1, 0.15) is 6.54 Å². The number of amides is 3. The summed E-state index contributed by atoms with van der Waals surface area (Å²) in [6, 6.07) is 14.2. The Morgan fingerprint density at radius 1 is 1.00 bits per heavy atom. The van der Waals surface area contributed by atoms with Gasteiger partial charge in [0.15, 0.2) is 0 Å². The predicted octanol–water partition coefficient (Wildman–Crippen LogP) is 2.29. The number of carbonyl (C=O) groups excluding carboxylic acids is 3. The molecule has 2 aromatic carbocycles. The number of halogens is 1. The van der Waals surface area contributed by atoms with Gasteiger partial charge in [-0.3, -0.25) is 19.3 Å². The Morgan fingerprint density at radius 2 is 1.71 bits per heavy atom. The van der Waals surface area contributed by atoms with E-state index in [9.17, 15) is 14.4 Å². The van der Waals surface area contributed by atoms with Gasteiger partial charge in [0, 0.05) is 11.6 Å². The normalized spacial score (nSPS) is 13.1. The highest BCUT2D eigenvalue weighted by Crippen LogP contribution is 2.25. The highest BCUT2D eigenvalue weighted by Gasteiger charge is 2.36. The highest BCUT2D eigenvalue weighted by atomic mass is 35.5. The van der Waals surface area contributed by atoms with Crippen LogP contribution in [0.25, 0.3) is 0 Å². The van der Waals surface area contributed by atoms with Gasteiger partial charge in [0.05, 0.1) is 11.1 Å². The van der Waals surface area contributed by atoms with Crippen molar-refractivity contribution in [2.45, 2.75) is 6.42 Å². The second kappa shape index (κ2) is 6.84. The third kappa shape index (κ3) is 3.31. The molecule has 0 spiro atoms. The van der Waals surface area contributed by atoms with E-state index in [-0.39, 0.29) is 23.6 Å². The topological polar surface area (TPSA) is 66.5 Å². The molecule has 2 aromatic rings. The molecule has 0 bridgehead atoms. The smallest absolute Gasteiger partial charge is 0.262 e. The molecule has 3 rings (SSSR count). The fraction of sp³-hybridized carbons (Fsp3) is 0.167. The van der Waals surface area contributed by atoms with Gasteiger partial charge in [0.25, 0.3) is 11.8 Å². The Hall–Kier alpha value is -2.66. The van der Waals surface area contributed by atoms with E-state index >= 15 is 0 Å². The van der Waals surface area contributed by atoms with E-state index in [1.165, 1.54) is 12.1 Å². The lowest BCUT2D eigenvalue weighted by molar-refractivity contribution is -0.121. The molecule has 0 atom stereocenters. The Balaban J connectivity index is 1.57. The summed E-state index contributed by atoms with van der Waals surface area (Å²) < 4.78 is 0. The summed E-state index contributed by atoms with van der Waals surface area (Å²) in [4.78, 5) is 37.4. The second-order valence-corrected chi connectivity index (χ2v) is 5.91. The molecule has 0 aliphatic carbocycles. The Bertz CT molecular complexity index is 805. The average molecular weight is 343 g/mol. The van der Waals surface area contributed by atoms with Gasteiger partial charge in [-0.05, 0) is 30.2 Å². The molecule has 1 N–H and O–H groups in total. The fourth-order valence-electron chi connectivity index (χ4n) is 2.60. The van der Waals surface area contributed by atoms with Crippen LogP contribution in [0.3, 0.4) is 0 Å². The van der Waals surface area contributed by atoms with Gasteiger partial charge < -0.3 is 5.32 Å². The van der Waals surface area contributed by atoms with Crippen LogP contribution in [0.1, 0.15) is 26.3 Å². The van der Waals surface area contributed by atoms with Crippen LogP contribution < -0.4 is 5.32 Å². The number of carbonyl (C=O) groups is 3. The van der Waals surface area contributed by atoms with Crippen molar-refractivity contribution in [2.24, 2.45) is 0 Å². The fourth-order valence-corrected chi connectivity index (χ4v) is 2.77. The van der Waals surface area contributed by atoms with Crippen molar-refractivity contribution in [1.82, 2.24) is 10.2 Å². The monoisotopic (exact) mass is 342 g/mol. The van der Waals surface area contributed by atoms with E-state index in [1.54, 1.807) is 6.07 Å². The van der Waals surface area contributed by atoms with E-state index in [2.05, 4.69) is 5.32 Å². The minimum Gasteiger partial charge on any atom is -0.354 e. The molecule has 1 heterocycles. The van der Waals surface area contributed by atoms with Crippen LogP contribution in [-0.4, -0.2) is 35.7 Å². The molecule has 24 heavy (non-hydrogen) atoms. The number of hydrogen-bond donors (Lipinski definition) is 1. The third-order valence-electron chi connectivity index (χ3n) is 3.81. The van der Waals surface area contributed by atoms with E-state index in [0.717, 1.165) is 10.5 Å². The van der Waals surface area contributed by atoms with Crippen LogP contribution in [0.15, 0.2) is 48.5 Å². The van der Waals surface area contributed by atoms with Gasteiger partial charge in [-0.25, -0.2) is 0 Å². The van der Waals surface area contributed by atoms with Gasteiger partial charge in [-0.2, -0.15) is 0 Å². The van der Waals surface area contributed by atoms with E-state index in [0.29, 0.717) is 18.0 Å². The van der Waals surface area contributed by atoms with Crippen molar-refractivity contribution in [3.05, 3.63) is 70.2 Å². The van der Waals surface area contributed by atoms with Crippen molar-refractivity contribution in [1.29, 1.82) is 0 Å². The highest BCUT2D eigenvalue weighted by molar-refractivity contribution is 6.32. The molecule has 5 nitrogen and oxygen atoms in total. The zero-order valence-corrected chi connectivity index (χ0v) is 13.5. The molecule has 1 aliphatic rings. The molecule has 6 heteroatoms. The lowest BCUT2D eigenvalue weighted by atomic mass is 10.1. The molecule has 3 amide bonds. The maximum Gasteiger partial charge on any atom is 0.262 e. The Morgan fingerprint density at radius 3 is 2.46 bits per heavy atom. The zero-order valence-electron chi connectivity index (χ0n) is 12.8. The summed E-state index contributed by atoms with van der Waals surface area (Å²) in [7, 11) is 0. The van der Waals surface area contributed by atoms with Crippen LogP contribution >= 0.6 is 11.6 Å². The summed E-state index contributed by atoms with van der Waals surface area (Å²) in [5.74, 6) is -1.33. The number of nitrogens with one attached hydrogen (secondary N) is 1.